The van der Waals surface area contributed by atoms with Crippen LogP contribution in [0.3, 0.4) is 0 Å². The van der Waals surface area contributed by atoms with E-state index in [-0.39, 0.29) is 0 Å². The molecule has 0 radical (unpaired) electrons. The third kappa shape index (κ3) is 6.45. The van der Waals surface area contributed by atoms with E-state index in [1.54, 1.807) is 0 Å². The number of aromatic nitrogens is 2. The molecular weight excluding hydrogens is 368 g/mol. The van der Waals surface area contributed by atoms with E-state index < -0.39 is 0 Å². The van der Waals surface area contributed by atoms with E-state index in [1.807, 2.05) is 20.0 Å². The van der Waals surface area contributed by atoms with Crippen LogP contribution < -0.4 is 10.6 Å². The number of hydrogen-bond acceptors (Lipinski definition) is 2. The number of hydrogen-bond donors (Lipinski definition) is 1. The van der Waals surface area contributed by atoms with Crippen molar-refractivity contribution < 1.29 is 0 Å². The highest BCUT2D eigenvalue weighted by Gasteiger charge is 2.14. The van der Waals surface area contributed by atoms with Gasteiger partial charge in [-0.15, -0.1) is 0 Å². The summed E-state index contributed by atoms with van der Waals surface area (Å²) in [5, 5.41) is 15.4. The van der Waals surface area contributed by atoms with Gasteiger partial charge in [0.05, 0.1) is 18.1 Å². The molecule has 0 aliphatic carbocycles. The van der Waals surface area contributed by atoms with E-state index in [0.717, 1.165) is 48.6 Å². The maximum Gasteiger partial charge on any atom is 0.128 e. The molecule has 30 heavy (non-hydrogen) atoms. The van der Waals surface area contributed by atoms with E-state index >= 15 is 0 Å². The average Bonchev–Trinajstić information content (AvgIpc) is 3.20. The molecule has 0 amide bonds. The van der Waals surface area contributed by atoms with Gasteiger partial charge in [0.15, 0.2) is 0 Å². The smallest absolute Gasteiger partial charge is 0.128 e. The zero-order valence-corrected chi connectivity index (χ0v) is 19.2. The molecule has 0 atom stereocenters. The molecule has 1 fully saturated rings. The molecule has 2 heterocycles. The molecule has 1 N–H and O–H groups in total. The van der Waals surface area contributed by atoms with Crippen LogP contribution in [0.5, 0.6) is 0 Å². The summed E-state index contributed by atoms with van der Waals surface area (Å²) in [5.41, 5.74) is 2.20. The van der Waals surface area contributed by atoms with Crippen molar-refractivity contribution in [1.82, 2.24) is 14.7 Å². The highest BCUT2D eigenvalue weighted by Crippen LogP contribution is 2.14. The molecular formula is C26H38N4. The molecule has 1 aromatic heterocycles. The van der Waals surface area contributed by atoms with Gasteiger partial charge in [-0.1, -0.05) is 69.7 Å². The quantitative estimate of drug-likeness (QED) is 0.558. The first-order chi connectivity index (χ1) is 14.7. The second kappa shape index (κ2) is 12.8. The number of piperidine rings is 1. The zero-order chi connectivity index (χ0) is 21.8. The summed E-state index contributed by atoms with van der Waals surface area (Å²) in [6.45, 7) is 11.0. The first kappa shape index (κ1) is 23.7. The summed E-state index contributed by atoms with van der Waals surface area (Å²) in [5.74, 6) is 0.656. The summed E-state index contributed by atoms with van der Waals surface area (Å²) in [7, 11) is 0. The fourth-order valence-corrected chi connectivity index (χ4v) is 3.60. The molecule has 0 unspecified atom stereocenters. The van der Waals surface area contributed by atoms with Crippen LogP contribution in [-0.4, -0.2) is 33.6 Å². The minimum atomic E-state index is 0.656. The van der Waals surface area contributed by atoms with Crippen LogP contribution in [0.1, 0.15) is 70.9 Å². The Morgan fingerprint density at radius 3 is 2.43 bits per heavy atom. The van der Waals surface area contributed by atoms with Gasteiger partial charge in [0.25, 0.3) is 0 Å². The van der Waals surface area contributed by atoms with Crippen LogP contribution in [0.25, 0.3) is 12.2 Å². The lowest BCUT2D eigenvalue weighted by atomic mass is 10.1. The lowest BCUT2D eigenvalue weighted by Gasteiger charge is -2.29. The Morgan fingerprint density at radius 2 is 1.80 bits per heavy atom. The highest BCUT2D eigenvalue weighted by atomic mass is 15.3. The molecule has 1 aromatic carbocycles. The normalized spacial score (nSPS) is 15.4. The predicted molar refractivity (Wildman–Crippen MR) is 129 cm³/mol. The Hall–Kier alpha value is -2.62. The molecule has 2 aromatic rings. The fraction of sp³-hybridized carbons (Fsp3) is 0.462. The van der Waals surface area contributed by atoms with Crippen molar-refractivity contribution in [2.75, 3.05) is 13.1 Å². The maximum atomic E-state index is 8.48. The number of rotatable bonds is 6. The summed E-state index contributed by atoms with van der Waals surface area (Å²) in [4.78, 5) is 2.20. The summed E-state index contributed by atoms with van der Waals surface area (Å²) in [6, 6.07) is 8.41. The Balaban J connectivity index is 0.00000155. The first-order valence-corrected chi connectivity index (χ1v) is 11.5. The average molecular weight is 407 g/mol. The lowest BCUT2D eigenvalue weighted by Crippen LogP contribution is -2.35. The third-order valence-corrected chi connectivity index (χ3v) is 5.30. The molecule has 162 valence electrons. The van der Waals surface area contributed by atoms with Crippen LogP contribution in [-0.2, 0) is 6.54 Å². The predicted octanol–water partition coefficient (Wildman–Crippen LogP) is 4.71. The maximum absolute atomic E-state index is 8.48. The van der Waals surface area contributed by atoms with Gasteiger partial charge in [0.2, 0.25) is 0 Å². The molecule has 1 aliphatic rings. The summed E-state index contributed by atoms with van der Waals surface area (Å²) in [6.07, 6.45) is 16.5. The van der Waals surface area contributed by atoms with Gasteiger partial charge in [-0.2, -0.15) is 5.10 Å². The molecule has 0 spiro atoms. The Labute approximate surface area is 182 Å². The van der Waals surface area contributed by atoms with E-state index in [9.17, 15) is 0 Å². The number of nitrogens with one attached hydrogen (secondary N) is 1. The number of allylic oxidation sites excluding steroid dienone is 2. The number of amidine groups is 1. The SMILES string of the molecule is C/C=c1/cnn(Cc2ccc(C(=N)N3CCCCC3)cc2)/c1=C/C=C\CCC.CC. The number of likely N-dealkylation sites (tertiary alicyclic amines) is 1. The highest BCUT2D eigenvalue weighted by molar-refractivity contribution is 5.96. The summed E-state index contributed by atoms with van der Waals surface area (Å²) < 4.78 is 2.05. The Kier molecular flexibility index (Phi) is 10.1. The van der Waals surface area contributed by atoms with Gasteiger partial charge < -0.3 is 4.90 Å². The van der Waals surface area contributed by atoms with Crippen LogP contribution in [0.4, 0.5) is 0 Å². The Bertz CT molecular complexity index is 913. The number of unbranched alkanes of at least 4 members (excludes halogenated alkanes) is 1. The third-order valence-electron chi connectivity index (χ3n) is 5.30. The topological polar surface area (TPSA) is 44.9 Å². The Morgan fingerprint density at radius 1 is 1.10 bits per heavy atom. The molecule has 4 nitrogen and oxygen atoms in total. The molecule has 4 heteroatoms. The van der Waals surface area contributed by atoms with E-state index in [1.165, 1.54) is 24.8 Å². The van der Waals surface area contributed by atoms with Crippen molar-refractivity contribution >= 4 is 18.0 Å². The summed E-state index contributed by atoms with van der Waals surface area (Å²) >= 11 is 0. The van der Waals surface area contributed by atoms with Crippen LogP contribution in [0, 0.1) is 5.41 Å². The minimum absolute atomic E-state index is 0.656. The van der Waals surface area contributed by atoms with Crippen LogP contribution >= 0.6 is 0 Å². The van der Waals surface area contributed by atoms with Crippen molar-refractivity contribution in [3.8, 4) is 0 Å². The van der Waals surface area contributed by atoms with E-state index in [4.69, 9.17) is 5.41 Å². The molecule has 1 aliphatic heterocycles. The van der Waals surface area contributed by atoms with Crippen molar-refractivity contribution in [1.29, 1.82) is 5.41 Å². The zero-order valence-electron chi connectivity index (χ0n) is 19.2. The van der Waals surface area contributed by atoms with Crippen molar-refractivity contribution in [2.24, 2.45) is 0 Å². The molecule has 0 saturated carbocycles. The van der Waals surface area contributed by atoms with Gasteiger partial charge in [0.1, 0.15) is 5.84 Å². The second-order valence-corrected chi connectivity index (χ2v) is 7.41. The monoisotopic (exact) mass is 406 g/mol. The van der Waals surface area contributed by atoms with Gasteiger partial charge in [-0.05, 0) is 44.2 Å². The molecule has 1 saturated heterocycles. The van der Waals surface area contributed by atoms with Crippen molar-refractivity contribution in [3.63, 3.8) is 0 Å². The van der Waals surface area contributed by atoms with Gasteiger partial charge in [0, 0.05) is 23.9 Å². The van der Waals surface area contributed by atoms with Crippen LogP contribution in [0.15, 0.2) is 42.6 Å². The first-order valence-electron chi connectivity index (χ1n) is 11.5. The van der Waals surface area contributed by atoms with Crippen molar-refractivity contribution in [2.45, 2.75) is 66.3 Å². The van der Waals surface area contributed by atoms with Gasteiger partial charge in [-0.25, -0.2) is 0 Å². The van der Waals surface area contributed by atoms with E-state index in [2.05, 4.69) is 77.1 Å². The molecule has 0 bridgehead atoms. The molecule has 3 rings (SSSR count). The lowest BCUT2D eigenvalue weighted by molar-refractivity contribution is 0.341. The minimum Gasteiger partial charge on any atom is -0.357 e. The standard InChI is InChI=1S/C24H32N4.C2H6/c1-3-5-6-8-11-23-21(4-2)18-26-28(23)19-20-12-14-22(15-13-20)24(25)27-16-9-7-10-17-27;1-2/h4,6,8,11-15,18,25H,3,5,7,9-10,16-17,19H2,1-2H3;1-2H3/b8-6-,21-4-,23-11+,25-24?;. The second-order valence-electron chi connectivity index (χ2n) is 7.41. The number of nitrogens with zero attached hydrogens (tertiary/aromatic N) is 3. The van der Waals surface area contributed by atoms with Gasteiger partial charge in [-0.3, -0.25) is 10.1 Å². The largest absolute Gasteiger partial charge is 0.357 e. The number of benzene rings is 1. The van der Waals surface area contributed by atoms with Gasteiger partial charge >= 0.3 is 0 Å². The fourth-order valence-electron chi connectivity index (χ4n) is 3.60. The van der Waals surface area contributed by atoms with E-state index in [0.29, 0.717) is 5.84 Å². The van der Waals surface area contributed by atoms with Crippen LogP contribution in [0.2, 0.25) is 0 Å². The van der Waals surface area contributed by atoms with Crippen molar-refractivity contribution in [3.05, 3.63) is 64.3 Å².